The van der Waals surface area contributed by atoms with E-state index in [1.807, 2.05) is 0 Å². The Balaban J connectivity index is 0.000000191. The fourth-order valence-corrected chi connectivity index (χ4v) is 5.75. The Morgan fingerprint density at radius 1 is 1.04 bits per heavy atom. The maximum absolute atomic E-state index is 14.7. The summed E-state index contributed by atoms with van der Waals surface area (Å²) in [5.74, 6) is 0.0773. The van der Waals surface area contributed by atoms with Crippen molar-refractivity contribution in [2.45, 2.75) is 25.7 Å². The molecule has 6 rings (SSSR count). The Bertz CT molecular complexity index is 1930. The summed E-state index contributed by atoms with van der Waals surface area (Å²) in [5.41, 5.74) is 0.406. The lowest BCUT2D eigenvalue weighted by atomic mass is 9.93. The molecule has 0 radical (unpaired) electrons. The largest absolute Gasteiger partial charge is 0.481 e. The van der Waals surface area contributed by atoms with Crippen LogP contribution in [-0.4, -0.2) is 48.9 Å². The van der Waals surface area contributed by atoms with Gasteiger partial charge in [0.15, 0.2) is 12.4 Å². The number of anilines is 2. The van der Waals surface area contributed by atoms with Crippen molar-refractivity contribution in [2.24, 2.45) is 0 Å². The highest BCUT2D eigenvalue weighted by Crippen LogP contribution is 2.42. The summed E-state index contributed by atoms with van der Waals surface area (Å²) in [6.45, 7) is -0.262. The number of imide groups is 1. The molecule has 3 aromatic rings. The number of benzene rings is 3. The zero-order chi connectivity index (χ0) is 34.7. The Morgan fingerprint density at radius 3 is 2.33 bits per heavy atom. The molecule has 0 aromatic heterocycles. The van der Waals surface area contributed by atoms with Gasteiger partial charge in [-0.15, -0.1) is 6.42 Å². The van der Waals surface area contributed by atoms with Crippen molar-refractivity contribution in [3.8, 4) is 29.6 Å². The fraction of sp³-hybridized carbons (Fsp3) is 0.212. The molecule has 2 aliphatic heterocycles. The highest BCUT2D eigenvalue weighted by atomic mass is 35.5. The van der Waals surface area contributed by atoms with Gasteiger partial charge in [-0.3, -0.25) is 29.4 Å². The van der Waals surface area contributed by atoms with Gasteiger partial charge in [-0.2, -0.15) is 0 Å². The molecule has 3 amide bonds. The normalized spacial score (nSPS) is 15.1. The number of carbonyl (C=O) groups is 4. The third-order valence-electron chi connectivity index (χ3n) is 7.54. The van der Waals surface area contributed by atoms with Crippen LogP contribution < -0.4 is 19.3 Å². The van der Waals surface area contributed by atoms with Crippen molar-refractivity contribution >= 4 is 64.0 Å². The van der Waals surface area contributed by atoms with E-state index in [9.17, 15) is 33.7 Å². The lowest BCUT2D eigenvalue weighted by Crippen LogP contribution is -2.39. The summed E-state index contributed by atoms with van der Waals surface area (Å²) >= 11 is 11.8. The van der Waals surface area contributed by atoms with Crippen LogP contribution in [0.4, 0.5) is 21.5 Å². The number of rotatable bonds is 6. The first kappa shape index (κ1) is 33.9. The van der Waals surface area contributed by atoms with E-state index in [1.54, 1.807) is 12.1 Å². The first-order valence-electron chi connectivity index (χ1n) is 14.3. The predicted octanol–water partition coefficient (Wildman–Crippen LogP) is 6.41. The van der Waals surface area contributed by atoms with Crippen molar-refractivity contribution in [1.82, 2.24) is 0 Å². The van der Waals surface area contributed by atoms with E-state index in [4.69, 9.17) is 39.1 Å². The molecule has 48 heavy (non-hydrogen) atoms. The van der Waals surface area contributed by atoms with E-state index in [2.05, 4.69) is 10.7 Å². The number of amides is 3. The van der Waals surface area contributed by atoms with Crippen molar-refractivity contribution in [1.29, 1.82) is 0 Å². The molecule has 1 aliphatic carbocycles. The van der Waals surface area contributed by atoms with Crippen LogP contribution in [0.5, 0.6) is 17.2 Å². The van der Waals surface area contributed by atoms with Gasteiger partial charge in [0.1, 0.15) is 22.8 Å². The molecule has 0 atom stereocenters. The lowest BCUT2D eigenvalue weighted by Gasteiger charge is -2.29. The Hall–Kier alpha value is -5.45. The van der Waals surface area contributed by atoms with Gasteiger partial charge in [-0.05, 0) is 56.0 Å². The Kier molecular flexibility index (Phi) is 9.98. The number of terminal acetylenes is 1. The average molecular weight is 696 g/mol. The van der Waals surface area contributed by atoms with Gasteiger partial charge >= 0.3 is 5.97 Å². The summed E-state index contributed by atoms with van der Waals surface area (Å²) in [5, 5.41) is 11.6. The molecular formula is C33H24Cl2FN3O9. The average Bonchev–Trinajstić information content (AvgIpc) is 3.32. The molecule has 246 valence electrons. The van der Waals surface area contributed by atoms with Crippen LogP contribution in [-0.2, 0) is 19.1 Å². The molecule has 3 aliphatic rings. The van der Waals surface area contributed by atoms with E-state index in [0.29, 0.717) is 34.8 Å². The number of esters is 1. The number of nitro benzene ring substituents is 1. The summed E-state index contributed by atoms with van der Waals surface area (Å²) in [4.78, 5) is 61.4. The highest BCUT2D eigenvalue weighted by molar-refractivity contribution is 6.35. The summed E-state index contributed by atoms with van der Waals surface area (Å²) in [6, 6.07) is 10.7. The van der Waals surface area contributed by atoms with E-state index in [0.717, 1.165) is 37.0 Å². The number of nitro groups is 1. The van der Waals surface area contributed by atoms with E-state index < -0.39 is 28.5 Å². The van der Waals surface area contributed by atoms with Crippen LogP contribution in [0.2, 0.25) is 10.0 Å². The van der Waals surface area contributed by atoms with Crippen molar-refractivity contribution in [2.75, 3.05) is 30.1 Å². The number of carbonyl (C=O) groups excluding carboxylic acids is 4. The number of methoxy groups -OCH3 is 1. The third-order valence-corrected chi connectivity index (χ3v) is 8.07. The summed E-state index contributed by atoms with van der Waals surface area (Å²) in [7, 11) is 1.13. The van der Waals surface area contributed by atoms with E-state index in [1.165, 1.54) is 29.2 Å². The molecule has 12 nitrogen and oxygen atoms in total. The SMILES string of the molecule is C#CCN1C(=O)COc2cc(F)c(N3C(=O)C4=C(CCCC4)C3=O)cc21.COC(=O)c1cc(Oc2ccc(Cl)cc2Cl)ccc1[N+](=O)[O-]. The predicted molar refractivity (Wildman–Crippen MR) is 172 cm³/mol. The van der Waals surface area contributed by atoms with Crippen LogP contribution in [0.15, 0.2) is 59.7 Å². The zero-order valence-electron chi connectivity index (χ0n) is 25.1. The number of halogens is 3. The van der Waals surface area contributed by atoms with Gasteiger partial charge in [-0.25, -0.2) is 14.1 Å². The third kappa shape index (κ3) is 6.67. The van der Waals surface area contributed by atoms with E-state index in [-0.39, 0.29) is 58.2 Å². The standard InChI is InChI=1S/C19H15FN2O4.C14H9Cl2NO5/c1-2-7-21-15-9-14(13(20)8-16(15)26-10-17(21)23)22-18(24)11-5-3-4-6-12(11)19(22)25;1-21-14(18)10-7-9(3-4-12(10)17(19)20)22-13-5-2-8(15)6-11(13)16/h1,8-9H,3-7,10H2;2-7H,1H3. The maximum Gasteiger partial charge on any atom is 0.345 e. The van der Waals surface area contributed by atoms with E-state index >= 15 is 0 Å². The van der Waals surface area contributed by atoms with Gasteiger partial charge in [-0.1, -0.05) is 29.1 Å². The first-order chi connectivity index (χ1) is 22.9. The Labute approximate surface area is 282 Å². The smallest absolute Gasteiger partial charge is 0.345 e. The van der Waals surface area contributed by atoms with Crippen molar-refractivity contribution in [3.05, 3.63) is 91.2 Å². The molecule has 3 aromatic carbocycles. The molecular weight excluding hydrogens is 672 g/mol. The lowest BCUT2D eigenvalue weighted by molar-refractivity contribution is -0.385. The van der Waals surface area contributed by atoms with Gasteiger partial charge in [0.05, 0.1) is 35.0 Å². The van der Waals surface area contributed by atoms with Gasteiger partial charge in [0.2, 0.25) is 0 Å². The molecule has 0 saturated carbocycles. The second kappa shape index (κ2) is 14.1. The van der Waals surface area contributed by atoms with Crippen molar-refractivity contribution < 1.29 is 42.7 Å². The molecule has 2 heterocycles. The number of nitrogens with zero attached hydrogens (tertiary/aromatic N) is 3. The van der Waals surface area contributed by atoms with Crippen molar-refractivity contribution in [3.63, 3.8) is 0 Å². The minimum absolute atomic E-state index is 0.0170. The fourth-order valence-electron chi connectivity index (χ4n) is 5.30. The Morgan fingerprint density at radius 2 is 1.73 bits per heavy atom. The zero-order valence-corrected chi connectivity index (χ0v) is 26.6. The molecule has 15 heteroatoms. The van der Waals surface area contributed by atoms with Gasteiger partial charge in [0, 0.05) is 34.4 Å². The topological polar surface area (TPSA) is 146 Å². The van der Waals surface area contributed by atoms with Crippen LogP contribution in [0.3, 0.4) is 0 Å². The monoisotopic (exact) mass is 695 g/mol. The minimum atomic E-state index is -0.834. The van der Waals surface area contributed by atoms with Gasteiger partial charge < -0.3 is 14.2 Å². The first-order valence-corrected chi connectivity index (χ1v) is 15.0. The quantitative estimate of drug-likeness (QED) is 0.0939. The summed E-state index contributed by atoms with van der Waals surface area (Å²) < 4.78 is 30.0. The van der Waals surface area contributed by atoms with Crippen LogP contribution in [0.25, 0.3) is 0 Å². The van der Waals surface area contributed by atoms with Crippen LogP contribution in [0.1, 0.15) is 36.0 Å². The number of hydrogen-bond donors (Lipinski definition) is 0. The minimum Gasteiger partial charge on any atom is -0.481 e. The number of hydrogen-bond acceptors (Lipinski definition) is 9. The van der Waals surface area contributed by atoms with Crippen LogP contribution in [0, 0.1) is 28.3 Å². The molecule has 0 spiro atoms. The van der Waals surface area contributed by atoms with Gasteiger partial charge in [0.25, 0.3) is 23.4 Å². The number of ether oxygens (including phenoxy) is 3. The number of fused-ring (bicyclic) bond motifs is 1. The molecule has 0 fully saturated rings. The molecule has 0 bridgehead atoms. The molecule has 0 saturated heterocycles. The van der Waals surface area contributed by atoms with Crippen LogP contribution >= 0.6 is 23.2 Å². The summed E-state index contributed by atoms with van der Waals surface area (Å²) in [6.07, 6.45) is 8.01. The second-order valence-electron chi connectivity index (χ2n) is 10.5. The maximum atomic E-state index is 14.7. The molecule has 0 unspecified atom stereocenters. The highest BCUT2D eigenvalue weighted by Gasteiger charge is 2.41. The molecule has 0 N–H and O–H groups in total. The second-order valence-corrected chi connectivity index (χ2v) is 11.3.